The number of ether oxygens (including phenoxy) is 2. The monoisotopic (exact) mass is 437 g/mol. The number of benzene rings is 1. The summed E-state index contributed by atoms with van der Waals surface area (Å²) < 4.78 is 33.8. The van der Waals surface area contributed by atoms with Gasteiger partial charge in [0.15, 0.2) is 11.9 Å². The number of H-pyrrole nitrogens is 1. The van der Waals surface area contributed by atoms with Crippen LogP contribution in [0.1, 0.15) is 39.7 Å². The third-order valence-corrected chi connectivity index (χ3v) is 6.47. The number of aryl methyl sites for hydroxylation is 2. The average molecular weight is 437 g/mol. The number of nitrogens with zero attached hydrogens (tertiary/aromatic N) is 1. The third-order valence-electron chi connectivity index (χ3n) is 4.43. The molecule has 0 saturated carbocycles. The summed E-state index contributed by atoms with van der Waals surface area (Å²) in [5.74, 6) is -0.597. The number of esters is 1. The lowest BCUT2D eigenvalue weighted by Gasteiger charge is -2.14. The van der Waals surface area contributed by atoms with Gasteiger partial charge in [0, 0.05) is 4.88 Å². The van der Waals surface area contributed by atoms with E-state index in [4.69, 9.17) is 14.6 Å². The zero-order chi connectivity index (χ0) is 21.5. The standard InChI is InChI=1S/C18H19N3O6S2/c1-8-10(3)28-17-14(8)16(22)20-15(21-17)9(2)27-18(23)11-5-6-12(26-4)13(7-11)29(19,24)25/h5-7,9H,1-4H3,(H2,19,24,25)(H,20,21,22)/t9-/m1/s1. The van der Waals surface area contributed by atoms with Crippen LogP contribution in [0.3, 0.4) is 0 Å². The van der Waals surface area contributed by atoms with Crippen molar-refractivity contribution in [3.63, 3.8) is 0 Å². The number of carbonyl (C=O) groups excluding carboxylic acids is 1. The maximum Gasteiger partial charge on any atom is 0.338 e. The lowest BCUT2D eigenvalue weighted by Crippen LogP contribution is -2.18. The molecule has 3 N–H and O–H groups in total. The number of nitrogens with two attached hydrogens (primary N) is 1. The molecular weight excluding hydrogens is 418 g/mol. The number of aromatic amines is 1. The number of rotatable bonds is 5. The van der Waals surface area contributed by atoms with Gasteiger partial charge >= 0.3 is 5.97 Å². The van der Waals surface area contributed by atoms with Crippen molar-refractivity contribution in [2.75, 3.05) is 7.11 Å². The minimum atomic E-state index is -4.11. The van der Waals surface area contributed by atoms with Crippen LogP contribution in [0.25, 0.3) is 10.2 Å². The van der Waals surface area contributed by atoms with Crippen LogP contribution in [0.2, 0.25) is 0 Å². The van der Waals surface area contributed by atoms with E-state index >= 15 is 0 Å². The Hall–Kier alpha value is -2.76. The first-order chi connectivity index (χ1) is 13.5. The Balaban J connectivity index is 1.92. The molecule has 0 aliphatic heterocycles. The molecule has 9 nitrogen and oxygen atoms in total. The second-order valence-corrected chi connectivity index (χ2v) is 9.11. The number of nitrogens with one attached hydrogen (secondary N) is 1. The van der Waals surface area contributed by atoms with Crippen LogP contribution >= 0.6 is 11.3 Å². The Bertz CT molecular complexity index is 1280. The maximum absolute atomic E-state index is 12.5. The first-order valence-electron chi connectivity index (χ1n) is 8.44. The highest BCUT2D eigenvalue weighted by Crippen LogP contribution is 2.28. The van der Waals surface area contributed by atoms with E-state index in [2.05, 4.69) is 9.97 Å². The smallest absolute Gasteiger partial charge is 0.338 e. The summed E-state index contributed by atoms with van der Waals surface area (Å²) in [6, 6.07) is 3.74. The second-order valence-electron chi connectivity index (χ2n) is 6.37. The van der Waals surface area contributed by atoms with E-state index in [0.29, 0.717) is 10.2 Å². The van der Waals surface area contributed by atoms with E-state index in [1.165, 1.54) is 30.6 Å². The molecule has 3 aromatic rings. The summed E-state index contributed by atoms with van der Waals surface area (Å²) in [5.41, 5.74) is 0.521. The van der Waals surface area contributed by atoms with Gasteiger partial charge in [0.1, 0.15) is 15.5 Å². The second kappa shape index (κ2) is 7.58. The Kier molecular flexibility index (Phi) is 5.48. The predicted molar refractivity (Wildman–Crippen MR) is 108 cm³/mol. The molecule has 1 atom stereocenters. The molecule has 0 fully saturated rings. The van der Waals surface area contributed by atoms with Crippen molar-refractivity contribution in [3.05, 3.63) is 50.4 Å². The molecule has 11 heteroatoms. The molecule has 0 unspecified atom stereocenters. The molecule has 0 aliphatic carbocycles. The van der Waals surface area contributed by atoms with E-state index < -0.39 is 22.1 Å². The summed E-state index contributed by atoms with van der Waals surface area (Å²) in [6.07, 6.45) is -0.873. The van der Waals surface area contributed by atoms with Gasteiger partial charge in [-0.15, -0.1) is 11.3 Å². The molecular formula is C18H19N3O6S2. The van der Waals surface area contributed by atoms with Crippen molar-refractivity contribution in [2.24, 2.45) is 5.14 Å². The molecule has 0 radical (unpaired) electrons. The number of thiophene rings is 1. The number of sulfonamides is 1. The van der Waals surface area contributed by atoms with Gasteiger partial charge in [0.2, 0.25) is 10.0 Å². The summed E-state index contributed by atoms with van der Waals surface area (Å²) in [7, 11) is -2.82. The number of carbonyl (C=O) groups is 1. The highest BCUT2D eigenvalue weighted by atomic mass is 32.2. The fourth-order valence-corrected chi connectivity index (χ4v) is 4.53. The number of methoxy groups -OCH3 is 1. The Labute approximate surface area is 170 Å². The van der Waals surface area contributed by atoms with Gasteiger partial charge in [-0.2, -0.15) is 0 Å². The van der Waals surface area contributed by atoms with Gasteiger partial charge in [-0.05, 0) is 44.5 Å². The molecule has 0 aliphatic rings. The van der Waals surface area contributed by atoms with Gasteiger partial charge in [-0.1, -0.05) is 0 Å². The van der Waals surface area contributed by atoms with Gasteiger partial charge in [0.05, 0.1) is 18.1 Å². The van der Waals surface area contributed by atoms with Crippen LogP contribution < -0.4 is 15.4 Å². The van der Waals surface area contributed by atoms with Crippen LogP contribution in [0, 0.1) is 13.8 Å². The Morgan fingerprint density at radius 1 is 1.31 bits per heavy atom. The molecule has 0 amide bonds. The van der Waals surface area contributed by atoms with Gasteiger partial charge in [-0.3, -0.25) is 4.79 Å². The third kappa shape index (κ3) is 4.02. The molecule has 0 bridgehead atoms. The quantitative estimate of drug-likeness (QED) is 0.583. The minimum absolute atomic E-state index is 0.0111. The fourth-order valence-electron chi connectivity index (χ4n) is 2.77. The van der Waals surface area contributed by atoms with Crippen molar-refractivity contribution < 1.29 is 22.7 Å². The van der Waals surface area contributed by atoms with Crippen molar-refractivity contribution >= 4 is 37.5 Å². The molecule has 29 heavy (non-hydrogen) atoms. The summed E-state index contributed by atoms with van der Waals surface area (Å²) in [5, 5.41) is 5.69. The van der Waals surface area contributed by atoms with Crippen molar-refractivity contribution in [3.8, 4) is 5.75 Å². The average Bonchev–Trinajstić information content (AvgIpc) is 2.94. The highest BCUT2D eigenvalue weighted by Gasteiger charge is 2.22. The van der Waals surface area contributed by atoms with E-state index in [9.17, 15) is 18.0 Å². The Morgan fingerprint density at radius 3 is 2.62 bits per heavy atom. The molecule has 3 rings (SSSR count). The normalized spacial score (nSPS) is 12.7. The number of fused-ring (bicyclic) bond motifs is 1. The Morgan fingerprint density at radius 2 is 2.00 bits per heavy atom. The number of primary sulfonamides is 1. The van der Waals surface area contributed by atoms with E-state index in [1.54, 1.807) is 6.92 Å². The highest BCUT2D eigenvalue weighted by molar-refractivity contribution is 7.89. The summed E-state index contributed by atoms with van der Waals surface area (Å²) in [6.45, 7) is 5.30. The van der Waals surface area contributed by atoms with E-state index in [1.807, 2.05) is 13.8 Å². The SMILES string of the molecule is COc1ccc(C(=O)O[C@H](C)c2nc3sc(C)c(C)c3c(=O)[nH]2)cc1S(N)(=O)=O. The first-order valence-corrected chi connectivity index (χ1v) is 10.8. The molecule has 2 heterocycles. The lowest BCUT2D eigenvalue weighted by molar-refractivity contribution is 0.0319. The van der Waals surface area contributed by atoms with Crippen molar-refractivity contribution in [1.29, 1.82) is 0 Å². The number of aromatic nitrogens is 2. The number of hydrogen-bond donors (Lipinski definition) is 2. The van der Waals surface area contributed by atoms with Crippen LogP contribution in [0.4, 0.5) is 0 Å². The zero-order valence-corrected chi connectivity index (χ0v) is 17.7. The van der Waals surface area contributed by atoms with Crippen LogP contribution in [-0.4, -0.2) is 31.5 Å². The van der Waals surface area contributed by atoms with Gasteiger partial charge in [-0.25, -0.2) is 23.3 Å². The topological polar surface area (TPSA) is 141 Å². The van der Waals surface area contributed by atoms with Crippen LogP contribution in [0.5, 0.6) is 5.75 Å². The predicted octanol–water partition coefficient (Wildman–Crippen LogP) is 2.18. The van der Waals surface area contributed by atoms with Crippen LogP contribution in [-0.2, 0) is 14.8 Å². The number of hydrogen-bond acceptors (Lipinski definition) is 8. The summed E-state index contributed by atoms with van der Waals surface area (Å²) in [4.78, 5) is 33.1. The molecule has 0 spiro atoms. The molecule has 1 aromatic carbocycles. The molecule has 2 aromatic heterocycles. The molecule has 154 valence electrons. The maximum atomic E-state index is 12.5. The first kappa shape index (κ1) is 21.0. The van der Waals surface area contributed by atoms with Gasteiger partial charge < -0.3 is 14.5 Å². The van der Waals surface area contributed by atoms with E-state index in [-0.39, 0.29) is 27.6 Å². The largest absolute Gasteiger partial charge is 0.495 e. The summed E-state index contributed by atoms with van der Waals surface area (Å²) >= 11 is 1.38. The van der Waals surface area contributed by atoms with Gasteiger partial charge in [0.25, 0.3) is 5.56 Å². The minimum Gasteiger partial charge on any atom is -0.495 e. The van der Waals surface area contributed by atoms with Crippen LogP contribution in [0.15, 0.2) is 27.9 Å². The van der Waals surface area contributed by atoms with E-state index in [0.717, 1.165) is 16.5 Å². The van der Waals surface area contributed by atoms with Crippen molar-refractivity contribution in [1.82, 2.24) is 9.97 Å². The fraction of sp³-hybridized carbons (Fsp3) is 0.278. The zero-order valence-electron chi connectivity index (χ0n) is 16.1. The van der Waals surface area contributed by atoms with Crippen molar-refractivity contribution in [2.45, 2.75) is 31.8 Å². The lowest BCUT2D eigenvalue weighted by atomic mass is 10.2. The molecule has 0 saturated heterocycles.